The molecule has 1 aromatic rings. The summed E-state index contributed by atoms with van der Waals surface area (Å²) in [4.78, 5) is 12.3. The fraction of sp³-hybridized carbons (Fsp3) is 0.533. The van der Waals surface area contributed by atoms with Crippen LogP contribution in [0.5, 0.6) is 0 Å². The van der Waals surface area contributed by atoms with Gasteiger partial charge in [0, 0.05) is 12.0 Å². The Labute approximate surface area is 108 Å². The summed E-state index contributed by atoms with van der Waals surface area (Å²) in [5, 5.41) is 6.54. The lowest BCUT2D eigenvalue weighted by atomic mass is 10.0. The van der Waals surface area contributed by atoms with Crippen LogP contribution in [0.15, 0.2) is 24.3 Å². The number of rotatable bonds is 2. The molecule has 3 heteroatoms. The number of carbonyl (C=O) groups excluding carboxylic acids is 1. The molecule has 0 radical (unpaired) electrons. The molecule has 1 saturated heterocycles. The van der Waals surface area contributed by atoms with E-state index in [4.69, 9.17) is 0 Å². The molecule has 1 aliphatic carbocycles. The number of carbonyl (C=O) groups is 1. The summed E-state index contributed by atoms with van der Waals surface area (Å²) < 4.78 is 0. The Morgan fingerprint density at radius 2 is 1.72 bits per heavy atom. The predicted octanol–water partition coefficient (Wildman–Crippen LogP) is 1.27. The van der Waals surface area contributed by atoms with Crippen LogP contribution in [-0.4, -0.2) is 25.0 Å². The minimum absolute atomic E-state index is 0.150. The van der Waals surface area contributed by atoms with E-state index >= 15 is 0 Å². The van der Waals surface area contributed by atoms with Crippen molar-refractivity contribution in [2.24, 2.45) is 5.92 Å². The number of hydrogen-bond donors (Lipinski definition) is 2. The highest BCUT2D eigenvalue weighted by atomic mass is 16.1. The molecule has 18 heavy (non-hydrogen) atoms. The molecule has 2 N–H and O–H groups in total. The number of fused-ring (bicyclic) bond motifs is 1. The SMILES string of the molecule is O=C(NC1CCNCC1)C1Cc2ccccc2C1. The van der Waals surface area contributed by atoms with Gasteiger partial charge >= 0.3 is 0 Å². The molecule has 0 bridgehead atoms. The Bertz CT molecular complexity index is 413. The Kier molecular flexibility index (Phi) is 3.33. The summed E-state index contributed by atoms with van der Waals surface area (Å²) in [5.41, 5.74) is 2.70. The first-order chi connectivity index (χ1) is 8.83. The number of piperidine rings is 1. The maximum absolute atomic E-state index is 12.3. The summed E-state index contributed by atoms with van der Waals surface area (Å²) in [6, 6.07) is 8.79. The van der Waals surface area contributed by atoms with E-state index < -0.39 is 0 Å². The second-order valence-electron chi connectivity index (χ2n) is 5.41. The van der Waals surface area contributed by atoms with E-state index in [0.29, 0.717) is 6.04 Å². The molecule has 0 saturated carbocycles. The van der Waals surface area contributed by atoms with E-state index in [1.807, 2.05) is 0 Å². The monoisotopic (exact) mass is 244 g/mol. The van der Waals surface area contributed by atoms with Crippen LogP contribution in [0.25, 0.3) is 0 Å². The van der Waals surface area contributed by atoms with Crippen LogP contribution in [0.3, 0.4) is 0 Å². The predicted molar refractivity (Wildman–Crippen MR) is 71.4 cm³/mol. The van der Waals surface area contributed by atoms with Crippen LogP contribution in [0.1, 0.15) is 24.0 Å². The minimum atomic E-state index is 0.150. The maximum Gasteiger partial charge on any atom is 0.223 e. The number of amides is 1. The largest absolute Gasteiger partial charge is 0.353 e. The van der Waals surface area contributed by atoms with Gasteiger partial charge in [-0.25, -0.2) is 0 Å². The highest BCUT2D eigenvalue weighted by Gasteiger charge is 2.28. The van der Waals surface area contributed by atoms with E-state index in [1.54, 1.807) is 0 Å². The third-order valence-electron chi connectivity index (χ3n) is 4.11. The maximum atomic E-state index is 12.3. The van der Waals surface area contributed by atoms with E-state index in [1.165, 1.54) is 11.1 Å². The van der Waals surface area contributed by atoms with Crippen molar-refractivity contribution in [3.05, 3.63) is 35.4 Å². The zero-order chi connectivity index (χ0) is 12.4. The molecule has 1 aliphatic heterocycles. The molecule has 3 rings (SSSR count). The van der Waals surface area contributed by atoms with Gasteiger partial charge in [0.1, 0.15) is 0 Å². The van der Waals surface area contributed by atoms with Crippen LogP contribution in [-0.2, 0) is 17.6 Å². The summed E-state index contributed by atoms with van der Waals surface area (Å²) in [6.45, 7) is 2.05. The first-order valence-corrected chi connectivity index (χ1v) is 6.91. The van der Waals surface area contributed by atoms with Gasteiger partial charge in [0.2, 0.25) is 5.91 Å². The molecule has 2 aliphatic rings. The fourth-order valence-electron chi connectivity index (χ4n) is 3.03. The molecule has 1 fully saturated rings. The van der Waals surface area contributed by atoms with Gasteiger partial charge in [-0.05, 0) is 49.9 Å². The summed E-state index contributed by atoms with van der Waals surface area (Å²) in [6.07, 6.45) is 3.94. The molecule has 0 unspecified atom stereocenters. The zero-order valence-electron chi connectivity index (χ0n) is 10.6. The van der Waals surface area contributed by atoms with Crippen molar-refractivity contribution >= 4 is 5.91 Å². The van der Waals surface area contributed by atoms with Crippen molar-refractivity contribution in [1.82, 2.24) is 10.6 Å². The third-order valence-corrected chi connectivity index (χ3v) is 4.11. The first kappa shape index (κ1) is 11.7. The Hall–Kier alpha value is -1.35. The Balaban J connectivity index is 1.58. The molecule has 0 aromatic heterocycles. The molecule has 1 aromatic carbocycles. The fourth-order valence-corrected chi connectivity index (χ4v) is 3.03. The zero-order valence-corrected chi connectivity index (χ0v) is 10.6. The lowest BCUT2D eigenvalue weighted by Crippen LogP contribution is -2.45. The van der Waals surface area contributed by atoms with Gasteiger partial charge in [-0.3, -0.25) is 4.79 Å². The lowest BCUT2D eigenvalue weighted by Gasteiger charge is -2.25. The second-order valence-corrected chi connectivity index (χ2v) is 5.41. The van der Waals surface area contributed by atoms with E-state index in [2.05, 4.69) is 34.9 Å². The topological polar surface area (TPSA) is 41.1 Å². The molecule has 3 nitrogen and oxygen atoms in total. The highest BCUT2D eigenvalue weighted by molar-refractivity contribution is 5.80. The second kappa shape index (κ2) is 5.11. The summed E-state index contributed by atoms with van der Waals surface area (Å²) >= 11 is 0. The van der Waals surface area contributed by atoms with Crippen LogP contribution in [0.2, 0.25) is 0 Å². The number of hydrogen-bond acceptors (Lipinski definition) is 2. The Morgan fingerprint density at radius 1 is 1.11 bits per heavy atom. The number of nitrogens with one attached hydrogen (secondary N) is 2. The highest BCUT2D eigenvalue weighted by Crippen LogP contribution is 2.26. The van der Waals surface area contributed by atoms with Gasteiger partial charge in [-0.2, -0.15) is 0 Å². The molecular formula is C15H20N2O. The van der Waals surface area contributed by atoms with E-state index in [-0.39, 0.29) is 11.8 Å². The average molecular weight is 244 g/mol. The van der Waals surface area contributed by atoms with Crippen LogP contribution >= 0.6 is 0 Å². The molecule has 96 valence electrons. The van der Waals surface area contributed by atoms with E-state index in [0.717, 1.165) is 38.8 Å². The van der Waals surface area contributed by atoms with Crippen molar-refractivity contribution < 1.29 is 4.79 Å². The average Bonchev–Trinajstić information content (AvgIpc) is 2.84. The van der Waals surface area contributed by atoms with Crippen LogP contribution < -0.4 is 10.6 Å². The molecule has 0 atom stereocenters. The smallest absolute Gasteiger partial charge is 0.223 e. The molecule has 0 spiro atoms. The van der Waals surface area contributed by atoms with Gasteiger partial charge < -0.3 is 10.6 Å². The van der Waals surface area contributed by atoms with Gasteiger partial charge in [0.05, 0.1) is 0 Å². The quantitative estimate of drug-likeness (QED) is 0.822. The van der Waals surface area contributed by atoms with Crippen molar-refractivity contribution in [2.45, 2.75) is 31.7 Å². The first-order valence-electron chi connectivity index (χ1n) is 6.91. The minimum Gasteiger partial charge on any atom is -0.353 e. The third kappa shape index (κ3) is 2.41. The van der Waals surface area contributed by atoms with Gasteiger partial charge in [-0.1, -0.05) is 24.3 Å². The van der Waals surface area contributed by atoms with Crippen LogP contribution in [0.4, 0.5) is 0 Å². The van der Waals surface area contributed by atoms with Crippen molar-refractivity contribution in [1.29, 1.82) is 0 Å². The number of benzene rings is 1. The van der Waals surface area contributed by atoms with Crippen molar-refractivity contribution in [2.75, 3.05) is 13.1 Å². The summed E-state index contributed by atoms with van der Waals surface area (Å²) in [5.74, 6) is 0.399. The summed E-state index contributed by atoms with van der Waals surface area (Å²) in [7, 11) is 0. The van der Waals surface area contributed by atoms with Gasteiger partial charge in [-0.15, -0.1) is 0 Å². The van der Waals surface area contributed by atoms with Gasteiger partial charge in [0.25, 0.3) is 0 Å². The Morgan fingerprint density at radius 3 is 2.33 bits per heavy atom. The van der Waals surface area contributed by atoms with Crippen molar-refractivity contribution in [3.63, 3.8) is 0 Å². The van der Waals surface area contributed by atoms with Crippen LogP contribution in [0, 0.1) is 5.92 Å². The molecule has 1 heterocycles. The molecular weight excluding hydrogens is 224 g/mol. The van der Waals surface area contributed by atoms with E-state index in [9.17, 15) is 4.79 Å². The standard InChI is InChI=1S/C15H20N2O/c18-15(17-14-5-7-16-8-6-14)13-9-11-3-1-2-4-12(11)10-13/h1-4,13-14,16H,5-10H2,(H,17,18). The molecule has 1 amide bonds. The lowest BCUT2D eigenvalue weighted by molar-refractivity contribution is -0.125. The normalized spacial score (nSPS) is 20.7. The van der Waals surface area contributed by atoms with Gasteiger partial charge in [0.15, 0.2) is 0 Å². The van der Waals surface area contributed by atoms with Crippen molar-refractivity contribution in [3.8, 4) is 0 Å².